The van der Waals surface area contributed by atoms with Gasteiger partial charge in [0.05, 0.1) is 10.0 Å². The summed E-state index contributed by atoms with van der Waals surface area (Å²) in [6.45, 7) is 8.35. The standard InChI is InChI=1S/C18H23BrO3/c1-8(2)10-5-6-18(4)13(10)11-7-9(3)14(19)15(20)12(11)16(21)17(18)22/h7-8,10,13,17,20,22H,5-6H2,1-4H3. The molecule has 3 nitrogen and oxygen atoms in total. The number of hydrogen-bond acceptors (Lipinski definition) is 3. The van der Waals surface area contributed by atoms with Crippen LogP contribution < -0.4 is 0 Å². The van der Waals surface area contributed by atoms with Crippen molar-refractivity contribution >= 4 is 21.7 Å². The fraction of sp³-hybridized carbons (Fsp3) is 0.611. The summed E-state index contributed by atoms with van der Waals surface area (Å²) in [6, 6.07) is 2.02. The van der Waals surface area contributed by atoms with E-state index in [1.54, 1.807) is 0 Å². The molecule has 0 saturated heterocycles. The van der Waals surface area contributed by atoms with Crippen LogP contribution in [0.5, 0.6) is 5.75 Å². The first kappa shape index (κ1) is 16.0. The van der Waals surface area contributed by atoms with Gasteiger partial charge in [-0.3, -0.25) is 4.79 Å². The maximum absolute atomic E-state index is 12.7. The molecule has 1 fully saturated rings. The van der Waals surface area contributed by atoms with Crippen molar-refractivity contribution in [1.29, 1.82) is 0 Å². The van der Waals surface area contributed by atoms with E-state index in [4.69, 9.17) is 0 Å². The number of Topliss-reactive ketones (excluding diaryl/α,β-unsaturated/α-hetero) is 1. The highest BCUT2D eigenvalue weighted by Crippen LogP contribution is 2.61. The van der Waals surface area contributed by atoms with Crippen molar-refractivity contribution in [3.63, 3.8) is 0 Å². The first-order chi connectivity index (χ1) is 10.2. The smallest absolute Gasteiger partial charge is 0.195 e. The van der Waals surface area contributed by atoms with Crippen molar-refractivity contribution in [2.45, 2.75) is 52.6 Å². The van der Waals surface area contributed by atoms with Gasteiger partial charge < -0.3 is 10.2 Å². The second-order valence-corrected chi connectivity index (χ2v) is 8.31. The van der Waals surface area contributed by atoms with E-state index >= 15 is 0 Å². The third kappa shape index (κ3) is 1.93. The summed E-state index contributed by atoms with van der Waals surface area (Å²) in [6.07, 6.45) is 0.829. The van der Waals surface area contributed by atoms with Gasteiger partial charge in [-0.25, -0.2) is 0 Å². The Balaban J connectivity index is 2.30. The first-order valence-corrected chi connectivity index (χ1v) is 8.73. The lowest BCUT2D eigenvalue weighted by molar-refractivity contribution is 0.0163. The highest BCUT2D eigenvalue weighted by atomic mass is 79.9. The number of halogens is 1. The number of aliphatic hydroxyl groups is 1. The third-order valence-corrected chi connectivity index (χ3v) is 6.92. The van der Waals surface area contributed by atoms with Gasteiger partial charge in [0.25, 0.3) is 0 Å². The molecule has 0 radical (unpaired) electrons. The van der Waals surface area contributed by atoms with E-state index < -0.39 is 11.5 Å². The lowest BCUT2D eigenvalue weighted by Crippen LogP contribution is -2.46. The molecular weight excluding hydrogens is 344 g/mol. The minimum absolute atomic E-state index is 0.0180. The number of aliphatic hydroxyl groups excluding tert-OH is 1. The topological polar surface area (TPSA) is 57.5 Å². The van der Waals surface area contributed by atoms with E-state index in [0.717, 1.165) is 24.0 Å². The van der Waals surface area contributed by atoms with Crippen LogP contribution in [-0.4, -0.2) is 22.1 Å². The number of phenolic OH excluding ortho intramolecular Hbond substituents is 1. The highest BCUT2D eigenvalue weighted by molar-refractivity contribution is 9.10. The summed E-state index contributed by atoms with van der Waals surface area (Å²) < 4.78 is 0.550. The Morgan fingerprint density at radius 1 is 1.41 bits per heavy atom. The fourth-order valence-corrected chi connectivity index (χ4v) is 4.95. The van der Waals surface area contributed by atoms with E-state index in [0.29, 0.717) is 21.9 Å². The quantitative estimate of drug-likeness (QED) is 0.783. The van der Waals surface area contributed by atoms with Crippen LogP contribution in [-0.2, 0) is 0 Å². The molecule has 4 unspecified atom stereocenters. The molecule has 1 aromatic carbocycles. The Morgan fingerprint density at radius 3 is 2.64 bits per heavy atom. The molecule has 0 spiro atoms. The van der Waals surface area contributed by atoms with Crippen LogP contribution in [0.15, 0.2) is 10.5 Å². The second-order valence-electron chi connectivity index (χ2n) is 7.52. The molecule has 1 saturated carbocycles. The van der Waals surface area contributed by atoms with Crippen molar-refractivity contribution < 1.29 is 15.0 Å². The zero-order valence-corrected chi connectivity index (χ0v) is 15.1. The summed E-state index contributed by atoms with van der Waals surface area (Å²) in [5.41, 5.74) is 1.75. The minimum atomic E-state index is -1.03. The zero-order valence-electron chi connectivity index (χ0n) is 13.5. The summed E-state index contributed by atoms with van der Waals surface area (Å²) in [7, 11) is 0. The molecule has 0 bridgehead atoms. The predicted octanol–water partition coefficient (Wildman–Crippen LogP) is 4.18. The second kappa shape index (κ2) is 5.07. The monoisotopic (exact) mass is 366 g/mol. The fourth-order valence-electron chi connectivity index (χ4n) is 4.64. The average molecular weight is 367 g/mol. The zero-order chi connectivity index (χ0) is 16.4. The summed E-state index contributed by atoms with van der Waals surface area (Å²) >= 11 is 3.35. The molecule has 22 heavy (non-hydrogen) atoms. The first-order valence-electron chi connectivity index (χ1n) is 7.94. The van der Waals surface area contributed by atoms with Crippen molar-refractivity contribution in [3.8, 4) is 5.75 Å². The maximum atomic E-state index is 12.7. The molecule has 120 valence electrons. The third-order valence-electron chi connectivity index (χ3n) is 5.92. The number of benzene rings is 1. The molecular formula is C18H23BrO3. The van der Waals surface area contributed by atoms with Gasteiger partial charge in [-0.05, 0) is 64.6 Å². The van der Waals surface area contributed by atoms with Gasteiger partial charge >= 0.3 is 0 Å². The van der Waals surface area contributed by atoms with Crippen LogP contribution in [0.3, 0.4) is 0 Å². The number of rotatable bonds is 1. The van der Waals surface area contributed by atoms with Crippen LogP contribution in [0.25, 0.3) is 0 Å². The molecule has 0 heterocycles. The summed E-state index contributed by atoms with van der Waals surface area (Å²) in [5, 5.41) is 21.1. The number of ketones is 1. The Morgan fingerprint density at radius 2 is 2.05 bits per heavy atom. The van der Waals surface area contributed by atoms with Crippen molar-refractivity contribution in [2.75, 3.05) is 0 Å². The number of carbonyl (C=O) groups is 1. The van der Waals surface area contributed by atoms with Gasteiger partial charge in [-0.1, -0.05) is 26.8 Å². The number of phenols is 1. The van der Waals surface area contributed by atoms with E-state index in [9.17, 15) is 15.0 Å². The Labute approximate surface area is 139 Å². The number of fused-ring (bicyclic) bond motifs is 3. The van der Waals surface area contributed by atoms with Gasteiger partial charge in [0, 0.05) is 5.41 Å². The Hall–Kier alpha value is -0.870. The molecule has 1 aromatic rings. The van der Waals surface area contributed by atoms with Crippen molar-refractivity contribution in [3.05, 3.63) is 27.2 Å². The summed E-state index contributed by atoms with van der Waals surface area (Å²) in [5.74, 6) is 0.664. The average Bonchev–Trinajstić information content (AvgIpc) is 2.81. The van der Waals surface area contributed by atoms with Crippen LogP contribution in [0.4, 0.5) is 0 Å². The normalized spacial score (nSPS) is 34.0. The van der Waals surface area contributed by atoms with E-state index in [2.05, 4.69) is 29.8 Å². The lowest BCUT2D eigenvalue weighted by Gasteiger charge is -2.43. The summed E-state index contributed by atoms with van der Waals surface area (Å²) in [4.78, 5) is 12.7. The number of carbonyl (C=O) groups excluding carboxylic acids is 1. The van der Waals surface area contributed by atoms with E-state index in [-0.39, 0.29) is 17.5 Å². The highest BCUT2D eigenvalue weighted by Gasteiger charge is 2.57. The van der Waals surface area contributed by atoms with Gasteiger partial charge in [0.1, 0.15) is 11.9 Å². The van der Waals surface area contributed by atoms with Gasteiger partial charge in [-0.15, -0.1) is 0 Å². The van der Waals surface area contributed by atoms with Crippen molar-refractivity contribution in [1.82, 2.24) is 0 Å². The van der Waals surface area contributed by atoms with Gasteiger partial charge in [0.15, 0.2) is 5.78 Å². The SMILES string of the molecule is Cc1cc2c(c(O)c1Br)C(=O)C(O)C1(C)CCC(C(C)C)C21. The molecule has 0 aliphatic heterocycles. The molecule has 0 aromatic heterocycles. The molecule has 4 atom stereocenters. The number of aromatic hydroxyl groups is 1. The predicted molar refractivity (Wildman–Crippen MR) is 89.3 cm³/mol. The number of aryl methyl sites for hydroxylation is 1. The minimum Gasteiger partial charge on any atom is -0.506 e. The number of hydrogen-bond donors (Lipinski definition) is 2. The van der Waals surface area contributed by atoms with Crippen LogP contribution in [0.1, 0.15) is 61.0 Å². The Kier molecular flexibility index (Phi) is 3.69. The largest absolute Gasteiger partial charge is 0.506 e. The van der Waals surface area contributed by atoms with Crippen LogP contribution in [0.2, 0.25) is 0 Å². The van der Waals surface area contributed by atoms with Crippen LogP contribution in [0, 0.1) is 24.2 Å². The molecule has 3 rings (SSSR count). The molecule has 2 aliphatic rings. The van der Waals surface area contributed by atoms with E-state index in [1.165, 1.54) is 0 Å². The Bertz CT molecular complexity index is 652. The van der Waals surface area contributed by atoms with E-state index in [1.807, 2.05) is 19.9 Å². The van der Waals surface area contributed by atoms with Crippen molar-refractivity contribution in [2.24, 2.45) is 17.3 Å². The molecule has 2 N–H and O–H groups in total. The molecule has 2 aliphatic carbocycles. The molecule has 0 amide bonds. The van der Waals surface area contributed by atoms with Gasteiger partial charge in [-0.2, -0.15) is 0 Å². The van der Waals surface area contributed by atoms with Gasteiger partial charge in [0.2, 0.25) is 0 Å². The molecule has 4 heteroatoms. The maximum Gasteiger partial charge on any atom is 0.195 e. The van der Waals surface area contributed by atoms with Crippen LogP contribution >= 0.6 is 15.9 Å². The lowest BCUT2D eigenvalue weighted by atomic mass is 9.61.